The van der Waals surface area contributed by atoms with E-state index in [0.717, 1.165) is 18.7 Å². The Labute approximate surface area is 89.8 Å². The van der Waals surface area contributed by atoms with Gasteiger partial charge in [-0.1, -0.05) is 30.3 Å². The van der Waals surface area contributed by atoms with Crippen molar-refractivity contribution in [2.24, 2.45) is 0 Å². The Kier molecular flexibility index (Phi) is 4.20. The van der Waals surface area contributed by atoms with Gasteiger partial charge in [-0.3, -0.25) is 0 Å². The SMILES string of the molecule is Cl.c1ccc(CCc2ncc[nH]2)cc1. The number of rotatable bonds is 3. The van der Waals surface area contributed by atoms with Crippen LogP contribution in [0.3, 0.4) is 0 Å². The lowest BCUT2D eigenvalue weighted by Crippen LogP contribution is -1.92. The predicted octanol–water partition coefficient (Wildman–Crippen LogP) is 2.62. The van der Waals surface area contributed by atoms with Crippen molar-refractivity contribution < 1.29 is 0 Å². The van der Waals surface area contributed by atoms with Gasteiger partial charge in [0.25, 0.3) is 0 Å². The van der Waals surface area contributed by atoms with Gasteiger partial charge in [-0.2, -0.15) is 0 Å². The number of aromatic amines is 1. The molecule has 14 heavy (non-hydrogen) atoms. The number of hydrogen-bond acceptors (Lipinski definition) is 1. The summed E-state index contributed by atoms with van der Waals surface area (Å²) >= 11 is 0. The summed E-state index contributed by atoms with van der Waals surface area (Å²) < 4.78 is 0. The van der Waals surface area contributed by atoms with E-state index in [-0.39, 0.29) is 12.4 Å². The smallest absolute Gasteiger partial charge is 0.106 e. The van der Waals surface area contributed by atoms with Gasteiger partial charge in [-0.25, -0.2) is 4.98 Å². The molecule has 0 aliphatic carbocycles. The van der Waals surface area contributed by atoms with Gasteiger partial charge in [0, 0.05) is 18.8 Å². The van der Waals surface area contributed by atoms with E-state index in [1.54, 1.807) is 6.20 Å². The molecule has 74 valence electrons. The minimum atomic E-state index is 0. The normalized spacial score (nSPS) is 9.43. The molecule has 0 radical (unpaired) electrons. The third kappa shape index (κ3) is 2.89. The average Bonchev–Trinajstić information content (AvgIpc) is 2.69. The number of hydrogen-bond donors (Lipinski definition) is 1. The fraction of sp³-hybridized carbons (Fsp3) is 0.182. The summed E-state index contributed by atoms with van der Waals surface area (Å²) in [5.74, 6) is 1.06. The molecule has 0 unspecified atom stereocenters. The van der Waals surface area contributed by atoms with Gasteiger partial charge >= 0.3 is 0 Å². The van der Waals surface area contributed by atoms with Crippen molar-refractivity contribution in [3.05, 3.63) is 54.1 Å². The molecule has 1 N–H and O–H groups in total. The molecule has 0 atom stereocenters. The lowest BCUT2D eigenvalue weighted by molar-refractivity contribution is 0.884. The number of nitrogens with one attached hydrogen (secondary N) is 1. The number of H-pyrrole nitrogens is 1. The maximum atomic E-state index is 4.18. The van der Waals surface area contributed by atoms with Crippen LogP contribution in [0.4, 0.5) is 0 Å². The quantitative estimate of drug-likeness (QED) is 0.826. The highest BCUT2D eigenvalue weighted by atomic mass is 35.5. The van der Waals surface area contributed by atoms with Crippen LogP contribution in [0.25, 0.3) is 0 Å². The van der Waals surface area contributed by atoms with E-state index in [4.69, 9.17) is 0 Å². The van der Waals surface area contributed by atoms with E-state index in [1.807, 2.05) is 12.3 Å². The summed E-state index contributed by atoms with van der Waals surface area (Å²) in [6, 6.07) is 10.5. The first-order valence-electron chi connectivity index (χ1n) is 4.47. The summed E-state index contributed by atoms with van der Waals surface area (Å²) in [4.78, 5) is 7.27. The summed E-state index contributed by atoms with van der Waals surface area (Å²) in [6.45, 7) is 0. The Hall–Kier alpha value is -1.28. The van der Waals surface area contributed by atoms with Crippen molar-refractivity contribution in [3.8, 4) is 0 Å². The molecule has 2 aromatic rings. The van der Waals surface area contributed by atoms with Crippen LogP contribution in [-0.2, 0) is 12.8 Å². The molecule has 0 fully saturated rings. The highest BCUT2D eigenvalue weighted by Crippen LogP contribution is 2.02. The molecule has 1 aromatic heterocycles. The Bertz CT molecular complexity index is 343. The molecule has 0 aliphatic heterocycles. The largest absolute Gasteiger partial charge is 0.349 e. The van der Waals surface area contributed by atoms with Crippen LogP contribution in [0.15, 0.2) is 42.7 Å². The molecule has 0 amide bonds. The van der Waals surface area contributed by atoms with Gasteiger partial charge in [0.1, 0.15) is 5.82 Å². The Balaban J connectivity index is 0.000000980. The molecule has 0 spiro atoms. The number of halogens is 1. The van der Waals surface area contributed by atoms with Crippen LogP contribution in [0, 0.1) is 0 Å². The van der Waals surface area contributed by atoms with E-state index in [1.165, 1.54) is 5.56 Å². The Morgan fingerprint density at radius 1 is 1.07 bits per heavy atom. The molecule has 1 heterocycles. The second-order valence-electron chi connectivity index (χ2n) is 3.02. The third-order valence-electron chi connectivity index (χ3n) is 2.05. The number of benzene rings is 1. The first-order valence-corrected chi connectivity index (χ1v) is 4.47. The van der Waals surface area contributed by atoms with E-state index >= 15 is 0 Å². The zero-order valence-corrected chi connectivity index (χ0v) is 8.63. The number of aromatic nitrogens is 2. The maximum absolute atomic E-state index is 4.18. The molecule has 2 rings (SSSR count). The first kappa shape index (κ1) is 10.8. The van der Waals surface area contributed by atoms with Crippen LogP contribution >= 0.6 is 12.4 Å². The highest BCUT2D eigenvalue weighted by Gasteiger charge is 1.95. The second-order valence-corrected chi connectivity index (χ2v) is 3.02. The van der Waals surface area contributed by atoms with Crippen molar-refractivity contribution in [2.75, 3.05) is 0 Å². The molecule has 0 bridgehead atoms. The molecule has 2 nitrogen and oxygen atoms in total. The Morgan fingerprint density at radius 2 is 1.86 bits per heavy atom. The van der Waals surface area contributed by atoms with Crippen LogP contribution in [0.2, 0.25) is 0 Å². The summed E-state index contributed by atoms with van der Waals surface area (Å²) in [5.41, 5.74) is 1.36. The van der Waals surface area contributed by atoms with Crippen LogP contribution < -0.4 is 0 Å². The molecular formula is C11H13ClN2. The van der Waals surface area contributed by atoms with Crippen molar-refractivity contribution in [1.29, 1.82) is 0 Å². The number of imidazole rings is 1. The molecule has 1 aromatic carbocycles. The zero-order valence-electron chi connectivity index (χ0n) is 7.81. The molecular weight excluding hydrogens is 196 g/mol. The molecule has 3 heteroatoms. The first-order chi connectivity index (χ1) is 6.45. The molecule has 0 saturated carbocycles. The van der Waals surface area contributed by atoms with E-state index < -0.39 is 0 Å². The predicted molar refractivity (Wildman–Crippen MR) is 59.7 cm³/mol. The third-order valence-corrected chi connectivity index (χ3v) is 2.05. The Morgan fingerprint density at radius 3 is 2.50 bits per heavy atom. The van der Waals surface area contributed by atoms with Crippen molar-refractivity contribution in [3.63, 3.8) is 0 Å². The van der Waals surface area contributed by atoms with Crippen molar-refractivity contribution >= 4 is 12.4 Å². The summed E-state index contributed by atoms with van der Waals surface area (Å²) in [7, 11) is 0. The van der Waals surface area contributed by atoms with E-state index in [2.05, 4.69) is 34.2 Å². The minimum absolute atomic E-state index is 0. The summed E-state index contributed by atoms with van der Waals surface area (Å²) in [5, 5.41) is 0. The van der Waals surface area contributed by atoms with Crippen LogP contribution in [0.5, 0.6) is 0 Å². The average molecular weight is 209 g/mol. The van der Waals surface area contributed by atoms with Crippen LogP contribution in [0.1, 0.15) is 11.4 Å². The lowest BCUT2D eigenvalue weighted by atomic mass is 10.1. The van der Waals surface area contributed by atoms with Gasteiger partial charge in [0.15, 0.2) is 0 Å². The van der Waals surface area contributed by atoms with Gasteiger partial charge in [0.05, 0.1) is 0 Å². The van der Waals surface area contributed by atoms with Crippen molar-refractivity contribution in [1.82, 2.24) is 9.97 Å². The lowest BCUT2D eigenvalue weighted by Gasteiger charge is -1.97. The number of nitrogens with zero attached hydrogens (tertiary/aromatic N) is 1. The minimum Gasteiger partial charge on any atom is -0.349 e. The number of aryl methyl sites for hydroxylation is 2. The maximum Gasteiger partial charge on any atom is 0.106 e. The van der Waals surface area contributed by atoms with E-state index in [0.29, 0.717) is 0 Å². The van der Waals surface area contributed by atoms with Gasteiger partial charge in [-0.15, -0.1) is 12.4 Å². The van der Waals surface area contributed by atoms with E-state index in [9.17, 15) is 0 Å². The van der Waals surface area contributed by atoms with Crippen molar-refractivity contribution in [2.45, 2.75) is 12.8 Å². The zero-order chi connectivity index (χ0) is 8.93. The summed E-state index contributed by atoms with van der Waals surface area (Å²) in [6.07, 6.45) is 5.69. The van der Waals surface area contributed by atoms with Crippen LogP contribution in [-0.4, -0.2) is 9.97 Å². The second kappa shape index (κ2) is 5.45. The standard InChI is InChI=1S/C11H12N2.ClH/c1-2-4-10(5-3-1)6-7-11-12-8-9-13-11;/h1-5,8-9H,6-7H2,(H,12,13);1H. The van der Waals surface area contributed by atoms with Gasteiger partial charge < -0.3 is 4.98 Å². The van der Waals surface area contributed by atoms with Gasteiger partial charge in [-0.05, 0) is 12.0 Å². The molecule has 0 aliphatic rings. The highest BCUT2D eigenvalue weighted by molar-refractivity contribution is 5.85. The fourth-order valence-corrected chi connectivity index (χ4v) is 1.34. The topological polar surface area (TPSA) is 28.7 Å². The van der Waals surface area contributed by atoms with Gasteiger partial charge in [0.2, 0.25) is 0 Å². The fourth-order valence-electron chi connectivity index (χ4n) is 1.34. The monoisotopic (exact) mass is 208 g/mol. The molecule has 0 saturated heterocycles.